The average Bonchev–Trinajstić information content (AvgIpc) is 2.94. The fourth-order valence-corrected chi connectivity index (χ4v) is 0.694. The van der Waals surface area contributed by atoms with E-state index >= 15 is 0 Å². The number of imidazole rings is 1. The zero-order chi connectivity index (χ0) is 20.6. The Kier molecular flexibility index (Phi) is 17.1. The van der Waals surface area contributed by atoms with Crippen molar-refractivity contribution in [1.29, 1.82) is 0 Å². The van der Waals surface area contributed by atoms with E-state index < -0.39 is 38.8 Å². The molecule has 0 fully saturated rings. The summed E-state index contributed by atoms with van der Waals surface area (Å²) in [7, 11) is -4.64. The molecule has 1 aromatic rings. The highest BCUT2D eigenvalue weighted by Gasteiger charge is 2.22. The van der Waals surface area contributed by atoms with Crippen LogP contribution in [0.15, 0.2) is 12.4 Å². The van der Waals surface area contributed by atoms with Gasteiger partial charge >= 0.3 is 13.9 Å². The van der Waals surface area contributed by atoms with Crippen LogP contribution in [0.4, 0.5) is 10.7 Å². The van der Waals surface area contributed by atoms with Crippen LogP contribution in [-0.4, -0.2) is 87.5 Å². The fourth-order valence-electron chi connectivity index (χ4n) is 0.694. The van der Waals surface area contributed by atoms with Crippen LogP contribution in [0.3, 0.4) is 0 Å². The van der Waals surface area contributed by atoms with Gasteiger partial charge in [0.05, 0.1) is 6.61 Å². The van der Waals surface area contributed by atoms with E-state index in [0.29, 0.717) is 5.95 Å². The summed E-state index contributed by atoms with van der Waals surface area (Å²) in [4.78, 5) is 46.4. The summed E-state index contributed by atoms with van der Waals surface area (Å²) in [5.74, 6) is 0.468. The number of carbonyl (C=O) groups is 2. The van der Waals surface area contributed by atoms with Crippen molar-refractivity contribution in [2.75, 3.05) is 12.3 Å². The number of nitrogens with two attached hydrogens (primary N) is 2. The van der Waals surface area contributed by atoms with Crippen molar-refractivity contribution in [3.8, 4) is 0 Å². The van der Waals surface area contributed by atoms with Crippen LogP contribution in [0.25, 0.3) is 0 Å². The highest BCUT2D eigenvalue weighted by molar-refractivity contribution is 7.45. The summed E-state index contributed by atoms with van der Waals surface area (Å²) >= 11 is 0. The molecule has 3 unspecified atom stereocenters. The molecule has 0 aliphatic rings. The van der Waals surface area contributed by atoms with Crippen LogP contribution in [0, 0.1) is 0 Å². The van der Waals surface area contributed by atoms with E-state index in [1.54, 1.807) is 12.4 Å². The lowest BCUT2D eigenvalue weighted by molar-refractivity contribution is -0.127. The van der Waals surface area contributed by atoms with Crippen molar-refractivity contribution in [3.05, 3.63) is 12.4 Å². The van der Waals surface area contributed by atoms with Gasteiger partial charge in [-0.15, -0.1) is 0 Å². The van der Waals surface area contributed by atoms with Gasteiger partial charge in [-0.1, -0.05) is 0 Å². The Morgan fingerprint density at radius 1 is 1.32 bits per heavy atom. The summed E-state index contributed by atoms with van der Waals surface area (Å²) in [6.07, 6.45) is -2.68. The summed E-state index contributed by atoms with van der Waals surface area (Å²) < 4.78 is 8.88. The molecule has 1 rings (SSSR count). The number of nitrogens with zero attached hydrogens (tertiary/aromatic N) is 1. The minimum absolute atomic E-state index is 0.0869. The standard InChI is InChI=1S/C5H10O5.C3H5N3.CH3NO2.H3O4P/c6-1-3(8)5(10)4(9)2-7;4-3-5-1-2-6-3;2-1(3)4;1-5(2,3)4/h1,3-5,7-10H,2H2;1-2H,(H3,4,5,6);2H2,(H,3,4);(H3,1,2,3,4). The van der Waals surface area contributed by atoms with Crippen molar-refractivity contribution in [2.24, 2.45) is 5.73 Å². The van der Waals surface area contributed by atoms with E-state index in [1.165, 1.54) is 0 Å². The quantitative estimate of drug-likeness (QED) is 0.172. The molecule has 3 atom stereocenters. The predicted octanol–water partition coefficient (Wildman–Crippen LogP) is -4.05. The Morgan fingerprint density at radius 3 is 1.88 bits per heavy atom. The van der Waals surface area contributed by atoms with Gasteiger partial charge in [0.1, 0.15) is 18.3 Å². The Bertz CT molecular complexity index is 481. The van der Waals surface area contributed by atoms with Crippen LogP contribution in [0.1, 0.15) is 0 Å². The maximum Gasteiger partial charge on any atom is 0.466 e. The number of aldehydes is 1. The van der Waals surface area contributed by atoms with Crippen molar-refractivity contribution in [2.45, 2.75) is 18.3 Å². The minimum atomic E-state index is -4.64. The van der Waals surface area contributed by atoms with Crippen molar-refractivity contribution in [3.63, 3.8) is 0 Å². The van der Waals surface area contributed by atoms with Gasteiger partial charge in [0.2, 0.25) is 0 Å². The number of amides is 1. The van der Waals surface area contributed by atoms with E-state index in [1.807, 2.05) is 0 Å². The monoisotopic (exact) mass is 392 g/mol. The van der Waals surface area contributed by atoms with E-state index in [4.69, 9.17) is 55.3 Å². The number of nitrogens with one attached hydrogen (secondary N) is 1. The van der Waals surface area contributed by atoms with Crippen molar-refractivity contribution < 1.29 is 54.4 Å². The second kappa shape index (κ2) is 15.4. The fraction of sp³-hybridized carbons (Fsp3) is 0.444. The van der Waals surface area contributed by atoms with Gasteiger partial charge in [0.25, 0.3) is 0 Å². The number of primary amides is 1. The molecular weight excluding hydrogens is 371 g/mol. The molecule has 1 aromatic heterocycles. The summed E-state index contributed by atoms with van der Waals surface area (Å²) in [6, 6.07) is 0. The molecule has 13 N–H and O–H groups in total. The lowest BCUT2D eigenvalue weighted by Gasteiger charge is -2.16. The Balaban J connectivity index is -0.000000277. The molecule has 25 heavy (non-hydrogen) atoms. The van der Waals surface area contributed by atoms with Gasteiger partial charge in [-0.05, 0) is 0 Å². The highest BCUT2D eigenvalue weighted by atomic mass is 31.2. The van der Waals surface area contributed by atoms with Crippen LogP contribution in [0.2, 0.25) is 0 Å². The van der Waals surface area contributed by atoms with Gasteiger partial charge < -0.3 is 61.5 Å². The maximum atomic E-state index is 9.76. The molecule has 1 heterocycles. The molecule has 1 amide bonds. The number of hydrogen-bond donors (Lipinski definition) is 11. The third-order valence-corrected chi connectivity index (χ3v) is 1.59. The molecule has 15 nitrogen and oxygen atoms in total. The molecule has 148 valence electrons. The number of H-pyrrole nitrogens is 1. The molecule has 0 saturated heterocycles. The van der Waals surface area contributed by atoms with Crippen LogP contribution in [0.5, 0.6) is 0 Å². The largest absolute Gasteiger partial charge is 0.466 e. The number of carboxylic acid groups (broad SMARTS) is 1. The number of carbonyl (C=O) groups excluding carboxylic acids is 1. The number of nitrogen functional groups attached to an aromatic ring is 1. The molecule has 0 saturated carbocycles. The first-order valence-corrected chi connectivity index (χ1v) is 7.44. The number of anilines is 1. The maximum absolute atomic E-state index is 9.76. The number of hydrogen-bond acceptors (Lipinski definition) is 9. The molecule has 0 bridgehead atoms. The summed E-state index contributed by atoms with van der Waals surface area (Å²) in [5, 5.41) is 41.2. The van der Waals surface area contributed by atoms with Crippen LogP contribution < -0.4 is 11.5 Å². The van der Waals surface area contributed by atoms with Gasteiger partial charge in [0, 0.05) is 12.4 Å². The summed E-state index contributed by atoms with van der Waals surface area (Å²) in [6.45, 7) is -0.688. The molecule has 0 spiro atoms. The topological polar surface area (TPSA) is 294 Å². The van der Waals surface area contributed by atoms with E-state index in [9.17, 15) is 4.79 Å². The SMILES string of the molecule is NC(=O)O.Nc1ncc[nH]1.O=CC(O)C(O)C(O)CO.O=P(O)(O)O. The predicted molar refractivity (Wildman–Crippen MR) is 80.6 cm³/mol. The first kappa shape index (κ1) is 27.7. The van der Waals surface area contributed by atoms with Gasteiger partial charge in [-0.2, -0.15) is 0 Å². The minimum Gasteiger partial charge on any atom is -0.465 e. The number of aliphatic hydroxyl groups excluding tert-OH is 4. The van der Waals surface area contributed by atoms with Crippen LogP contribution in [-0.2, 0) is 9.36 Å². The third kappa shape index (κ3) is 30.4. The van der Waals surface area contributed by atoms with Gasteiger partial charge in [0.15, 0.2) is 12.2 Å². The third-order valence-electron chi connectivity index (χ3n) is 1.59. The number of aliphatic hydroxyl groups is 4. The van der Waals surface area contributed by atoms with Gasteiger partial charge in [-0.25, -0.2) is 14.3 Å². The second-order valence-corrected chi connectivity index (χ2v) is 4.72. The normalized spacial score (nSPS) is 13.2. The first-order valence-electron chi connectivity index (χ1n) is 5.88. The Morgan fingerprint density at radius 2 is 1.72 bits per heavy atom. The van der Waals surface area contributed by atoms with Crippen molar-refractivity contribution in [1.82, 2.24) is 9.97 Å². The number of rotatable bonds is 4. The summed E-state index contributed by atoms with van der Waals surface area (Å²) in [5.41, 5.74) is 9.14. The molecule has 0 aromatic carbocycles. The Hall–Kier alpha value is -2.10. The van der Waals surface area contributed by atoms with Crippen LogP contribution >= 0.6 is 7.82 Å². The first-order chi connectivity index (χ1) is 11.3. The molecule has 0 radical (unpaired) electrons. The van der Waals surface area contributed by atoms with Crippen molar-refractivity contribution >= 4 is 26.2 Å². The molecule has 0 aliphatic heterocycles. The highest BCUT2D eigenvalue weighted by Crippen LogP contribution is 2.25. The van der Waals surface area contributed by atoms with Gasteiger partial charge in [-0.3, -0.25) is 0 Å². The number of phosphoric acid groups is 1. The zero-order valence-electron chi connectivity index (χ0n) is 12.5. The second-order valence-electron chi connectivity index (χ2n) is 3.69. The molecular formula is C9H21N4O11P. The number of aromatic amines is 1. The lowest BCUT2D eigenvalue weighted by atomic mass is 10.1. The number of aromatic nitrogens is 2. The zero-order valence-corrected chi connectivity index (χ0v) is 13.4. The Labute approximate surface area is 140 Å². The van der Waals surface area contributed by atoms with E-state index in [2.05, 4.69) is 15.7 Å². The average molecular weight is 392 g/mol. The van der Waals surface area contributed by atoms with E-state index in [0.717, 1.165) is 0 Å². The molecule has 0 aliphatic carbocycles. The molecule has 16 heteroatoms. The van der Waals surface area contributed by atoms with E-state index in [-0.39, 0.29) is 6.29 Å². The lowest BCUT2D eigenvalue weighted by Crippen LogP contribution is -2.40. The smallest absolute Gasteiger partial charge is 0.465 e.